The van der Waals surface area contributed by atoms with Gasteiger partial charge in [0.25, 0.3) is 5.91 Å². The van der Waals surface area contributed by atoms with Crippen molar-refractivity contribution < 1.29 is 14.7 Å². The summed E-state index contributed by atoms with van der Waals surface area (Å²) in [5, 5.41) is 12.6. The summed E-state index contributed by atoms with van der Waals surface area (Å²) in [5.74, 6) is -1.42. The zero-order chi connectivity index (χ0) is 14.8. The molecule has 0 aliphatic rings. The average Bonchev–Trinajstić information content (AvgIpc) is 2.95. The first kappa shape index (κ1) is 12.9. The minimum Gasteiger partial charge on any atom is -0.478 e. The molecule has 3 aromatic rings. The number of para-hydroxylation sites is 1. The van der Waals surface area contributed by atoms with Crippen LogP contribution in [0.4, 0.5) is 5.69 Å². The van der Waals surface area contributed by atoms with E-state index >= 15 is 0 Å². The molecule has 21 heavy (non-hydrogen) atoms. The van der Waals surface area contributed by atoms with Crippen LogP contribution in [0, 0.1) is 0 Å². The highest BCUT2D eigenvalue weighted by atomic mass is 16.4. The molecule has 2 aromatic carbocycles. The van der Waals surface area contributed by atoms with Crippen LogP contribution in [-0.4, -0.2) is 22.0 Å². The van der Waals surface area contributed by atoms with Crippen LogP contribution in [0.15, 0.2) is 54.7 Å². The van der Waals surface area contributed by atoms with Gasteiger partial charge in [0, 0.05) is 22.7 Å². The summed E-state index contributed by atoms with van der Waals surface area (Å²) in [6.07, 6.45) is 1.76. The van der Waals surface area contributed by atoms with E-state index in [9.17, 15) is 9.59 Å². The third-order valence-corrected chi connectivity index (χ3v) is 3.25. The smallest absolute Gasteiger partial charge is 0.337 e. The third kappa shape index (κ3) is 2.36. The summed E-state index contributed by atoms with van der Waals surface area (Å²) in [6.45, 7) is 0. The first-order valence-corrected chi connectivity index (χ1v) is 6.36. The minimum absolute atomic E-state index is 0.0621. The van der Waals surface area contributed by atoms with E-state index in [4.69, 9.17) is 5.11 Å². The predicted octanol–water partition coefficient (Wildman–Crippen LogP) is 3.12. The number of H-pyrrole nitrogens is 1. The fourth-order valence-electron chi connectivity index (χ4n) is 2.25. The maximum Gasteiger partial charge on any atom is 0.337 e. The number of rotatable bonds is 3. The number of aromatic nitrogens is 1. The van der Waals surface area contributed by atoms with Gasteiger partial charge in [0.05, 0.1) is 11.3 Å². The van der Waals surface area contributed by atoms with Gasteiger partial charge in [-0.3, -0.25) is 4.79 Å². The number of nitrogens with one attached hydrogen (secondary N) is 2. The van der Waals surface area contributed by atoms with Crippen molar-refractivity contribution in [3.05, 3.63) is 65.9 Å². The van der Waals surface area contributed by atoms with E-state index in [1.165, 1.54) is 6.07 Å². The Hall–Kier alpha value is -3.08. The van der Waals surface area contributed by atoms with Gasteiger partial charge in [-0.15, -0.1) is 0 Å². The van der Waals surface area contributed by atoms with Gasteiger partial charge < -0.3 is 15.4 Å². The number of carboxylic acid groups (broad SMARTS) is 1. The number of aromatic carboxylic acids is 1. The molecule has 0 atom stereocenters. The van der Waals surface area contributed by atoms with Crippen molar-refractivity contribution in [3.8, 4) is 0 Å². The average molecular weight is 280 g/mol. The normalized spacial score (nSPS) is 10.5. The lowest BCUT2D eigenvalue weighted by molar-refractivity contribution is 0.0698. The van der Waals surface area contributed by atoms with Gasteiger partial charge in [-0.05, 0) is 30.3 Å². The summed E-state index contributed by atoms with van der Waals surface area (Å²) < 4.78 is 0. The number of fused-ring (bicyclic) bond motifs is 1. The number of amides is 1. The largest absolute Gasteiger partial charge is 0.478 e. The molecule has 104 valence electrons. The predicted molar refractivity (Wildman–Crippen MR) is 79.7 cm³/mol. The standard InChI is InChI=1S/C16H12N2O3/c19-15(11-5-3-7-13-10(11)8-9-17-13)18-14-6-2-1-4-12(14)16(20)21/h1-9,17H,(H,18,19)(H,20,21). The highest BCUT2D eigenvalue weighted by Gasteiger charge is 2.14. The molecular weight excluding hydrogens is 268 g/mol. The number of carbonyl (C=O) groups excluding carboxylic acids is 1. The number of carboxylic acids is 1. The number of hydrogen-bond donors (Lipinski definition) is 3. The Balaban J connectivity index is 1.97. The summed E-state index contributed by atoms with van der Waals surface area (Å²) in [7, 11) is 0. The van der Waals surface area contributed by atoms with Gasteiger partial charge in [-0.1, -0.05) is 18.2 Å². The summed E-state index contributed by atoms with van der Waals surface area (Å²) in [5.41, 5.74) is 1.69. The number of carbonyl (C=O) groups is 2. The highest BCUT2D eigenvalue weighted by Crippen LogP contribution is 2.20. The molecule has 0 saturated heterocycles. The molecule has 0 bridgehead atoms. The van der Waals surface area contributed by atoms with E-state index in [0.29, 0.717) is 5.56 Å². The second-order valence-corrected chi connectivity index (χ2v) is 4.55. The number of anilines is 1. The second-order valence-electron chi connectivity index (χ2n) is 4.55. The molecule has 0 unspecified atom stereocenters. The molecule has 0 saturated carbocycles. The van der Waals surface area contributed by atoms with Crippen LogP contribution in [-0.2, 0) is 0 Å². The summed E-state index contributed by atoms with van der Waals surface area (Å²) in [6, 6.07) is 13.5. The van der Waals surface area contributed by atoms with Crippen molar-refractivity contribution in [2.24, 2.45) is 0 Å². The molecule has 0 aliphatic heterocycles. The van der Waals surface area contributed by atoms with E-state index in [1.54, 1.807) is 36.5 Å². The molecule has 1 amide bonds. The Kier molecular flexibility index (Phi) is 3.16. The van der Waals surface area contributed by atoms with Gasteiger partial charge in [0.1, 0.15) is 0 Å². The van der Waals surface area contributed by atoms with E-state index < -0.39 is 5.97 Å². The maximum atomic E-state index is 12.4. The van der Waals surface area contributed by atoms with Crippen molar-refractivity contribution in [1.29, 1.82) is 0 Å². The van der Waals surface area contributed by atoms with Crippen LogP contribution in [0.2, 0.25) is 0 Å². The molecule has 0 aliphatic carbocycles. The molecule has 0 fully saturated rings. The molecule has 5 nitrogen and oxygen atoms in total. The first-order valence-electron chi connectivity index (χ1n) is 6.36. The van der Waals surface area contributed by atoms with Gasteiger partial charge in [0.2, 0.25) is 0 Å². The first-order chi connectivity index (χ1) is 10.2. The van der Waals surface area contributed by atoms with Crippen LogP contribution in [0.25, 0.3) is 10.9 Å². The second kappa shape index (κ2) is 5.13. The number of benzene rings is 2. The van der Waals surface area contributed by atoms with Crippen LogP contribution in [0.5, 0.6) is 0 Å². The SMILES string of the molecule is O=C(O)c1ccccc1NC(=O)c1cccc2[nH]ccc12. The molecular formula is C16H12N2O3. The fourth-order valence-corrected chi connectivity index (χ4v) is 2.25. The third-order valence-electron chi connectivity index (χ3n) is 3.25. The molecule has 5 heteroatoms. The van der Waals surface area contributed by atoms with Crippen molar-refractivity contribution in [2.75, 3.05) is 5.32 Å². The van der Waals surface area contributed by atoms with Crippen LogP contribution in [0.1, 0.15) is 20.7 Å². The zero-order valence-electron chi connectivity index (χ0n) is 11.0. The lowest BCUT2D eigenvalue weighted by atomic mass is 10.1. The molecule has 0 radical (unpaired) electrons. The Morgan fingerprint density at radius 2 is 1.71 bits per heavy atom. The van der Waals surface area contributed by atoms with Gasteiger partial charge in [-0.2, -0.15) is 0 Å². The molecule has 1 heterocycles. The Morgan fingerprint density at radius 1 is 0.952 bits per heavy atom. The van der Waals surface area contributed by atoms with E-state index in [-0.39, 0.29) is 17.2 Å². The lowest BCUT2D eigenvalue weighted by Gasteiger charge is -2.09. The zero-order valence-corrected chi connectivity index (χ0v) is 11.0. The van der Waals surface area contributed by atoms with Gasteiger partial charge in [0.15, 0.2) is 0 Å². The molecule has 3 rings (SSSR count). The Morgan fingerprint density at radius 3 is 2.52 bits per heavy atom. The van der Waals surface area contributed by atoms with Crippen LogP contribution in [0.3, 0.4) is 0 Å². The Bertz CT molecular complexity index is 836. The van der Waals surface area contributed by atoms with Gasteiger partial charge in [-0.25, -0.2) is 4.79 Å². The number of hydrogen-bond acceptors (Lipinski definition) is 2. The molecule has 3 N–H and O–H groups in total. The molecule has 0 spiro atoms. The van der Waals surface area contributed by atoms with E-state index in [1.807, 2.05) is 12.1 Å². The quantitative estimate of drug-likeness (QED) is 0.689. The summed E-state index contributed by atoms with van der Waals surface area (Å²) in [4.78, 5) is 26.6. The van der Waals surface area contributed by atoms with Crippen LogP contribution < -0.4 is 5.32 Å². The topological polar surface area (TPSA) is 82.2 Å². The van der Waals surface area contributed by atoms with Crippen molar-refractivity contribution in [3.63, 3.8) is 0 Å². The minimum atomic E-state index is -1.08. The van der Waals surface area contributed by atoms with Crippen molar-refractivity contribution in [2.45, 2.75) is 0 Å². The monoisotopic (exact) mass is 280 g/mol. The van der Waals surface area contributed by atoms with Crippen molar-refractivity contribution >= 4 is 28.5 Å². The van der Waals surface area contributed by atoms with Crippen molar-refractivity contribution in [1.82, 2.24) is 4.98 Å². The molecule has 1 aromatic heterocycles. The van der Waals surface area contributed by atoms with Crippen LogP contribution >= 0.6 is 0 Å². The number of aromatic amines is 1. The lowest BCUT2D eigenvalue weighted by Crippen LogP contribution is -2.15. The fraction of sp³-hybridized carbons (Fsp3) is 0. The maximum absolute atomic E-state index is 12.4. The van der Waals surface area contributed by atoms with E-state index in [2.05, 4.69) is 10.3 Å². The highest BCUT2D eigenvalue weighted by molar-refractivity contribution is 6.14. The summed E-state index contributed by atoms with van der Waals surface area (Å²) >= 11 is 0. The van der Waals surface area contributed by atoms with E-state index in [0.717, 1.165) is 10.9 Å². The Labute approximate surface area is 120 Å². The van der Waals surface area contributed by atoms with Gasteiger partial charge >= 0.3 is 5.97 Å².